The van der Waals surface area contributed by atoms with E-state index in [4.69, 9.17) is 14.2 Å². The SMILES string of the molecule is CCOc1cccc2c1OCC(=O)N(Cc1cccc(OC)c1)C2. The van der Waals surface area contributed by atoms with Gasteiger partial charge in [-0.15, -0.1) is 0 Å². The highest BCUT2D eigenvalue weighted by Crippen LogP contribution is 2.34. The second-order valence-corrected chi connectivity index (χ2v) is 5.57. The molecule has 0 radical (unpaired) electrons. The molecule has 0 atom stereocenters. The van der Waals surface area contributed by atoms with Crippen molar-refractivity contribution >= 4 is 5.91 Å². The molecule has 0 saturated heterocycles. The van der Waals surface area contributed by atoms with E-state index in [9.17, 15) is 4.79 Å². The summed E-state index contributed by atoms with van der Waals surface area (Å²) in [6.07, 6.45) is 0. The summed E-state index contributed by atoms with van der Waals surface area (Å²) >= 11 is 0. The van der Waals surface area contributed by atoms with Crippen LogP contribution in [0.5, 0.6) is 17.2 Å². The fraction of sp³-hybridized carbons (Fsp3) is 0.316. The van der Waals surface area contributed by atoms with Gasteiger partial charge in [-0.2, -0.15) is 0 Å². The van der Waals surface area contributed by atoms with Crippen LogP contribution in [-0.2, 0) is 17.9 Å². The molecule has 24 heavy (non-hydrogen) atoms. The largest absolute Gasteiger partial charge is 0.497 e. The van der Waals surface area contributed by atoms with Gasteiger partial charge in [0.25, 0.3) is 5.91 Å². The van der Waals surface area contributed by atoms with Crippen LogP contribution in [0.3, 0.4) is 0 Å². The topological polar surface area (TPSA) is 48.0 Å². The molecule has 0 fully saturated rings. The molecule has 1 aliphatic heterocycles. The molecule has 0 bridgehead atoms. The maximum atomic E-state index is 12.4. The number of para-hydroxylation sites is 1. The zero-order valence-corrected chi connectivity index (χ0v) is 14.0. The third kappa shape index (κ3) is 3.45. The Morgan fingerprint density at radius 2 is 2.04 bits per heavy atom. The summed E-state index contributed by atoms with van der Waals surface area (Å²) in [4.78, 5) is 14.2. The Hall–Kier alpha value is -2.69. The van der Waals surface area contributed by atoms with E-state index in [0.29, 0.717) is 31.2 Å². The molecule has 2 aromatic rings. The lowest BCUT2D eigenvalue weighted by Gasteiger charge is -2.20. The van der Waals surface area contributed by atoms with E-state index in [-0.39, 0.29) is 12.5 Å². The summed E-state index contributed by atoms with van der Waals surface area (Å²) in [7, 11) is 1.63. The maximum absolute atomic E-state index is 12.4. The van der Waals surface area contributed by atoms with Crippen molar-refractivity contribution in [2.45, 2.75) is 20.0 Å². The van der Waals surface area contributed by atoms with Gasteiger partial charge in [-0.1, -0.05) is 24.3 Å². The quantitative estimate of drug-likeness (QED) is 0.847. The van der Waals surface area contributed by atoms with Gasteiger partial charge in [0.1, 0.15) is 5.75 Å². The molecule has 2 aromatic carbocycles. The molecule has 3 rings (SSSR count). The highest BCUT2D eigenvalue weighted by Gasteiger charge is 2.24. The van der Waals surface area contributed by atoms with Crippen molar-refractivity contribution in [3.8, 4) is 17.2 Å². The first-order chi connectivity index (χ1) is 11.7. The fourth-order valence-corrected chi connectivity index (χ4v) is 2.77. The molecule has 5 heteroatoms. The highest BCUT2D eigenvalue weighted by atomic mass is 16.5. The Balaban J connectivity index is 1.84. The molecule has 1 aliphatic rings. The first kappa shape index (κ1) is 16.2. The Bertz CT molecular complexity index is 729. The van der Waals surface area contributed by atoms with Crippen LogP contribution < -0.4 is 14.2 Å². The van der Waals surface area contributed by atoms with Crippen molar-refractivity contribution < 1.29 is 19.0 Å². The number of amides is 1. The van der Waals surface area contributed by atoms with E-state index in [2.05, 4.69) is 0 Å². The van der Waals surface area contributed by atoms with Gasteiger partial charge in [-0.05, 0) is 30.7 Å². The van der Waals surface area contributed by atoms with E-state index >= 15 is 0 Å². The van der Waals surface area contributed by atoms with Crippen LogP contribution in [0.15, 0.2) is 42.5 Å². The Morgan fingerprint density at radius 1 is 1.21 bits per heavy atom. The lowest BCUT2D eigenvalue weighted by molar-refractivity contribution is -0.133. The summed E-state index contributed by atoms with van der Waals surface area (Å²) in [5.74, 6) is 2.09. The fourth-order valence-electron chi connectivity index (χ4n) is 2.77. The molecule has 0 N–H and O–H groups in total. The van der Waals surface area contributed by atoms with Crippen molar-refractivity contribution in [3.63, 3.8) is 0 Å². The van der Waals surface area contributed by atoms with Crippen LogP contribution in [0, 0.1) is 0 Å². The van der Waals surface area contributed by atoms with Gasteiger partial charge in [0.2, 0.25) is 0 Å². The molecule has 0 saturated carbocycles. The van der Waals surface area contributed by atoms with Crippen molar-refractivity contribution in [2.75, 3.05) is 20.3 Å². The average Bonchev–Trinajstić information content (AvgIpc) is 2.75. The van der Waals surface area contributed by atoms with Gasteiger partial charge >= 0.3 is 0 Å². The number of carbonyl (C=O) groups excluding carboxylic acids is 1. The zero-order valence-electron chi connectivity index (χ0n) is 14.0. The Labute approximate surface area is 141 Å². The van der Waals surface area contributed by atoms with E-state index in [1.54, 1.807) is 12.0 Å². The number of methoxy groups -OCH3 is 1. The number of benzene rings is 2. The number of hydrogen-bond acceptors (Lipinski definition) is 4. The predicted molar refractivity (Wildman–Crippen MR) is 90.4 cm³/mol. The number of hydrogen-bond donors (Lipinski definition) is 0. The Morgan fingerprint density at radius 3 is 2.83 bits per heavy atom. The zero-order chi connectivity index (χ0) is 16.9. The molecule has 0 aromatic heterocycles. The number of nitrogens with zero attached hydrogens (tertiary/aromatic N) is 1. The van der Waals surface area contributed by atoms with Crippen LogP contribution in [0.25, 0.3) is 0 Å². The average molecular weight is 327 g/mol. The molecular weight excluding hydrogens is 306 g/mol. The molecule has 0 unspecified atom stereocenters. The van der Waals surface area contributed by atoms with Gasteiger partial charge in [0.15, 0.2) is 18.1 Å². The minimum absolute atomic E-state index is 0.0149. The monoisotopic (exact) mass is 327 g/mol. The van der Waals surface area contributed by atoms with E-state index in [1.807, 2.05) is 49.4 Å². The van der Waals surface area contributed by atoms with Gasteiger partial charge in [-0.25, -0.2) is 0 Å². The van der Waals surface area contributed by atoms with Gasteiger partial charge in [0.05, 0.1) is 13.7 Å². The summed E-state index contributed by atoms with van der Waals surface area (Å²) in [5.41, 5.74) is 1.97. The Kier molecular flexibility index (Phi) is 4.89. The van der Waals surface area contributed by atoms with Crippen LogP contribution in [0.4, 0.5) is 0 Å². The van der Waals surface area contributed by atoms with Gasteiger partial charge in [-0.3, -0.25) is 4.79 Å². The maximum Gasteiger partial charge on any atom is 0.261 e. The molecule has 0 spiro atoms. The third-order valence-corrected chi connectivity index (χ3v) is 3.92. The minimum Gasteiger partial charge on any atom is -0.497 e. The molecule has 126 valence electrons. The molecule has 5 nitrogen and oxygen atoms in total. The molecule has 1 heterocycles. The lowest BCUT2D eigenvalue weighted by Crippen LogP contribution is -2.31. The molecule has 0 aliphatic carbocycles. The van der Waals surface area contributed by atoms with Crippen molar-refractivity contribution in [3.05, 3.63) is 53.6 Å². The first-order valence-electron chi connectivity index (χ1n) is 7.99. The summed E-state index contributed by atoms with van der Waals surface area (Å²) in [6, 6.07) is 13.5. The number of rotatable bonds is 5. The molecule has 1 amide bonds. The second kappa shape index (κ2) is 7.25. The lowest BCUT2D eigenvalue weighted by atomic mass is 10.1. The second-order valence-electron chi connectivity index (χ2n) is 5.57. The standard InChI is InChI=1S/C19H21NO4/c1-3-23-17-9-5-7-15-12-20(18(21)13-24-19(15)17)11-14-6-4-8-16(10-14)22-2/h4-10H,3,11-13H2,1-2H3. The van der Waals surface area contributed by atoms with Crippen LogP contribution >= 0.6 is 0 Å². The van der Waals surface area contributed by atoms with Crippen LogP contribution in [-0.4, -0.2) is 31.1 Å². The smallest absolute Gasteiger partial charge is 0.261 e. The normalized spacial score (nSPS) is 13.8. The third-order valence-electron chi connectivity index (χ3n) is 3.92. The van der Waals surface area contributed by atoms with Crippen LogP contribution in [0.1, 0.15) is 18.1 Å². The summed E-state index contributed by atoms with van der Waals surface area (Å²) < 4.78 is 16.6. The molecular formula is C19H21NO4. The van der Waals surface area contributed by atoms with Gasteiger partial charge < -0.3 is 19.1 Å². The van der Waals surface area contributed by atoms with Crippen LogP contribution in [0.2, 0.25) is 0 Å². The van der Waals surface area contributed by atoms with Crippen molar-refractivity contribution in [1.29, 1.82) is 0 Å². The van der Waals surface area contributed by atoms with E-state index in [1.165, 1.54) is 0 Å². The van der Waals surface area contributed by atoms with Crippen molar-refractivity contribution in [2.24, 2.45) is 0 Å². The number of carbonyl (C=O) groups is 1. The van der Waals surface area contributed by atoms with Crippen molar-refractivity contribution in [1.82, 2.24) is 4.90 Å². The minimum atomic E-state index is -0.0449. The predicted octanol–water partition coefficient (Wildman–Crippen LogP) is 3.02. The van der Waals surface area contributed by atoms with Gasteiger partial charge in [0, 0.05) is 18.7 Å². The highest BCUT2D eigenvalue weighted by molar-refractivity contribution is 5.79. The number of ether oxygens (including phenoxy) is 3. The van der Waals surface area contributed by atoms with E-state index in [0.717, 1.165) is 16.9 Å². The summed E-state index contributed by atoms with van der Waals surface area (Å²) in [5, 5.41) is 0. The van der Waals surface area contributed by atoms with E-state index < -0.39 is 0 Å². The number of fused-ring (bicyclic) bond motifs is 1. The first-order valence-corrected chi connectivity index (χ1v) is 7.99. The summed E-state index contributed by atoms with van der Waals surface area (Å²) in [6.45, 7) is 3.50.